The number of carbonyl (C=O) groups is 1. The van der Waals surface area contributed by atoms with Crippen LogP contribution in [0.4, 0.5) is 0 Å². The van der Waals surface area contributed by atoms with Gasteiger partial charge in [-0.3, -0.25) is 4.79 Å². The summed E-state index contributed by atoms with van der Waals surface area (Å²) >= 11 is 7.63. The highest BCUT2D eigenvalue weighted by atomic mass is 35.5. The van der Waals surface area contributed by atoms with Crippen molar-refractivity contribution in [1.29, 1.82) is 0 Å². The maximum Gasteiger partial charge on any atom is 0.275 e. The highest BCUT2D eigenvalue weighted by Crippen LogP contribution is 2.33. The summed E-state index contributed by atoms with van der Waals surface area (Å²) in [4.78, 5) is 19.0. The standard InChI is InChI=1S/C16H17ClN2OS/c1-11-7-5-6-10-19(11)16(20)13-14(17)21-15(18-13)12-8-3-2-4-9-12/h2-4,8-9,11H,5-7,10H2,1H3. The molecule has 3 nitrogen and oxygen atoms in total. The molecule has 0 aliphatic carbocycles. The number of thiazole rings is 1. The minimum atomic E-state index is -0.0365. The van der Waals surface area contributed by atoms with Crippen LogP contribution in [0.3, 0.4) is 0 Å². The molecule has 21 heavy (non-hydrogen) atoms. The Labute approximate surface area is 133 Å². The predicted octanol–water partition coefficient (Wildman–Crippen LogP) is 4.48. The van der Waals surface area contributed by atoms with Gasteiger partial charge < -0.3 is 4.90 Å². The first-order valence-electron chi connectivity index (χ1n) is 7.19. The maximum atomic E-state index is 12.7. The van der Waals surface area contributed by atoms with Gasteiger partial charge in [0.1, 0.15) is 9.34 Å². The third kappa shape index (κ3) is 2.97. The van der Waals surface area contributed by atoms with E-state index in [9.17, 15) is 4.79 Å². The second kappa shape index (κ2) is 6.16. The van der Waals surface area contributed by atoms with Crippen LogP contribution in [0, 0.1) is 0 Å². The lowest BCUT2D eigenvalue weighted by molar-refractivity contribution is 0.0630. The van der Waals surface area contributed by atoms with E-state index in [1.165, 1.54) is 17.8 Å². The Balaban J connectivity index is 1.89. The molecule has 3 rings (SSSR count). The molecule has 1 saturated heterocycles. The highest BCUT2D eigenvalue weighted by molar-refractivity contribution is 7.19. The van der Waals surface area contributed by atoms with Crippen LogP contribution < -0.4 is 0 Å². The largest absolute Gasteiger partial charge is 0.335 e. The molecule has 1 amide bonds. The monoisotopic (exact) mass is 320 g/mol. The van der Waals surface area contributed by atoms with Crippen molar-refractivity contribution in [1.82, 2.24) is 9.88 Å². The third-order valence-corrected chi connectivity index (χ3v) is 5.18. The molecule has 1 fully saturated rings. The summed E-state index contributed by atoms with van der Waals surface area (Å²) in [7, 11) is 0. The van der Waals surface area contributed by atoms with E-state index >= 15 is 0 Å². The van der Waals surface area contributed by atoms with Crippen LogP contribution in [0.1, 0.15) is 36.7 Å². The molecule has 1 aromatic carbocycles. The summed E-state index contributed by atoms with van der Waals surface area (Å²) in [5.74, 6) is -0.0365. The fraction of sp³-hybridized carbons (Fsp3) is 0.375. The molecule has 0 N–H and O–H groups in total. The zero-order chi connectivity index (χ0) is 14.8. The van der Waals surface area contributed by atoms with Gasteiger partial charge in [-0.1, -0.05) is 41.9 Å². The van der Waals surface area contributed by atoms with Crippen LogP contribution in [0.2, 0.25) is 4.34 Å². The molecule has 5 heteroatoms. The number of aromatic nitrogens is 1. The maximum absolute atomic E-state index is 12.7. The molecule has 1 aliphatic heterocycles. The number of carbonyl (C=O) groups excluding carboxylic acids is 1. The second-order valence-electron chi connectivity index (χ2n) is 5.35. The van der Waals surface area contributed by atoms with Gasteiger partial charge in [-0.05, 0) is 26.2 Å². The van der Waals surface area contributed by atoms with Gasteiger partial charge in [-0.2, -0.15) is 0 Å². The summed E-state index contributed by atoms with van der Waals surface area (Å²) in [5.41, 5.74) is 1.39. The van der Waals surface area contributed by atoms with Gasteiger partial charge >= 0.3 is 0 Å². The van der Waals surface area contributed by atoms with Crippen molar-refractivity contribution in [2.24, 2.45) is 0 Å². The molecule has 2 heterocycles. The van der Waals surface area contributed by atoms with E-state index in [1.54, 1.807) is 0 Å². The van der Waals surface area contributed by atoms with Crippen LogP contribution in [0.25, 0.3) is 10.6 Å². The van der Waals surface area contributed by atoms with Crippen LogP contribution >= 0.6 is 22.9 Å². The molecular formula is C16H17ClN2OS. The smallest absolute Gasteiger partial charge is 0.275 e. The first-order valence-corrected chi connectivity index (χ1v) is 8.39. The number of amides is 1. The van der Waals surface area contributed by atoms with Crippen molar-refractivity contribution in [3.63, 3.8) is 0 Å². The van der Waals surface area contributed by atoms with E-state index in [0.29, 0.717) is 10.0 Å². The summed E-state index contributed by atoms with van der Waals surface area (Å²) in [6.07, 6.45) is 3.30. The highest BCUT2D eigenvalue weighted by Gasteiger charge is 2.28. The fourth-order valence-electron chi connectivity index (χ4n) is 2.67. The predicted molar refractivity (Wildman–Crippen MR) is 86.9 cm³/mol. The quantitative estimate of drug-likeness (QED) is 0.817. The number of likely N-dealkylation sites (tertiary alicyclic amines) is 1. The Morgan fingerprint density at radius 1 is 1.33 bits per heavy atom. The van der Waals surface area contributed by atoms with Gasteiger partial charge in [0.25, 0.3) is 5.91 Å². The van der Waals surface area contributed by atoms with Crippen molar-refractivity contribution in [3.8, 4) is 10.6 Å². The number of halogens is 1. The minimum absolute atomic E-state index is 0.0365. The number of nitrogens with zero attached hydrogens (tertiary/aromatic N) is 2. The van der Waals surface area contributed by atoms with Crippen LogP contribution in [0.15, 0.2) is 30.3 Å². The number of hydrogen-bond acceptors (Lipinski definition) is 3. The van der Waals surface area contributed by atoms with E-state index in [1.807, 2.05) is 35.2 Å². The molecule has 2 aromatic rings. The summed E-state index contributed by atoms with van der Waals surface area (Å²) in [6.45, 7) is 2.89. The zero-order valence-electron chi connectivity index (χ0n) is 11.9. The third-order valence-electron chi connectivity index (χ3n) is 3.87. The number of hydrogen-bond donors (Lipinski definition) is 0. The van der Waals surface area contributed by atoms with Gasteiger partial charge in [0.2, 0.25) is 0 Å². The molecule has 1 aliphatic rings. The van der Waals surface area contributed by atoms with Crippen molar-refractivity contribution in [2.45, 2.75) is 32.2 Å². The van der Waals surface area contributed by atoms with Crippen molar-refractivity contribution < 1.29 is 4.79 Å². The number of rotatable bonds is 2. The Morgan fingerprint density at radius 2 is 2.10 bits per heavy atom. The molecule has 1 unspecified atom stereocenters. The normalized spacial score (nSPS) is 18.8. The number of piperidine rings is 1. The lowest BCUT2D eigenvalue weighted by Gasteiger charge is -2.32. The van der Waals surface area contributed by atoms with Gasteiger partial charge in [0.05, 0.1) is 0 Å². The topological polar surface area (TPSA) is 33.2 Å². The van der Waals surface area contributed by atoms with Crippen LogP contribution in [-0.2, 0) is 0 Å². The van der Waals surface area contributed by atoms with Crippen molar-refractivity contribution in [3.05, 3.63) is 40.4 Å². The Morgan fingerprint density at radius 3 is 2.81 bits per heavy atom. The first kappa shape index (κ1) is 14.5. The lowest BCUT2D eigenvalue weighted by Crippen LogP contribution is -2.42. The fourth-order valence-corrected chi connectivity index (χ4v) is 3.81. The van der Waals surface area contributed by atoms with Crippen LogP contribution in [0.5, 0.6) is 0 Å². The summed E-state index contributed by atoms with van der Waals surface area (Å²) < 4.78 is 0.483. The van der Waals surface area contributed by atoms with Crippen molar-refractivity contribution >= 4 is 28.8 Å². The SMILES string of the molecule is CC1CCCCN1C(=O)c1nc(-c2ccccc2)sc1Cl. The van der Waals surface area contributed by atoms with Crippen molar-refractivity contribution in [2.75, 3.05) is 6.54 Å². The van der Waals surface area contributed by atoms with Gasteiger partial charge in [0.15, 0.2) is 5.69 Å². The van der Waals surface area contributed by atoms with Crippen LogP contribution in [-0.4, -0.2) is 28.4 Å². The lowest BCUT2D eigenvalue weighted by atomic mass is 10.0. The van der Waals surface area contributed by atoms with E-state index in [-0.39, 0.29) is 11.9 Å². The van der Waals surface area contributed by atoms with E-state index in [4.69, 9.17) is 11.6 Å². The molecule has 1 atom stereocenters. The Hall–Kier alpha value is -1.39. The molecule has 110 valence electrons. The van der Waals surface area contributed by atoms with E-state index < -0.39 is 0 Å². The first-order chi connectivity index (χ1) is 10.2. The van der Waals surface area contributed by atoms with E-state index in [0.717, 1.165) is 30.0 Å². The Kier molecular flexibility index (Phi) is 4.27. The van der Waals surface area contributed by atoms with Gasteiger partial charge in [0, 0.05) is 18.2 Å². The zero-order valence-corrected chi connectivity index (χ0v) is 13.5. The van der Waals surface area contributed by atoms with Gasteiger partial charge in [-0.25, -0.2) is 4.98 Å². The average molecular weight is 321 g/mol. The Bertz CT molecular complexity index is 641. The molecule has 0 saturated carbocycles. The minimum Gasteiger partial charge on any atom is -0.335 e. The molecule has 1 aromatic heterocycles. The van der Waals surface area contributed by atoms with E-state index in [2.05, 4.69) is 11.9 Å². The molecular weight excluding hydrogens is 304 g/mol. The summed E-state index contributed by atoms with van der Waals surface area (Å²) in [6, 6.07) is 10.1. The molecule has 0 bridgehead atoms. The molecule has 0 radical (unpaired) electrons. The summed E-state index contributed by atoms with van der Waals surface area (Å²) in [5, 5.41) is 0.800. The van der Waals surface area contributed by atoms with Gasteiger partial charge in [-0.15, -0.1) is 11.3 Å². The number of benzene rings is 1. The second-order valence-corrected chi connectivity index (χ2v) is 6.95. The molecule has 0 spiro atoms. The average Bonchev–Trinajstić information content (AvgIpc) is 2.90.